The maximum absolute atomic E-state index is 12.6. The number of rotatable bonds is 4. The first-order chi connectivity index (χ1) is 10.0. The molecule has 2 rings (SSSR count). The zero-order chi connectivity index (χ0) is 15.4. The first-order valence-corrected chi connectivity index (χ1v) is 8.22. The molecule has 5 heteroatoms. The molecule has 0 spiro atoms. The third-order valence-electron chi connectivity index (χ3n) is 4.08. The van der Waals surface area contributed by atoms with E-state index >= 15 is 0 Å². The molecule has 0 aliphatic carbocycles. The number of hydrogen-bond acceptors (Lipinski definition) is 3. The van der Waals surface area contributed by atoms with E-state index in [1.165, 1.54) is 12.8 Å². The first-order valence-electron chi connectivity index (χ1n) is 7.84. The molecule has 0 atom stereocenters. The van der Waals surface area contributed by atoms with Crippen LogP contribution in [0.3, 0.4) is 0 Å². The Morgan fingerprint density at radius 2 is 2.10 bits per heavy atom. The summed E-state index contributed by atoms with van der Waals surface area (Å²) >= 11 is 6.12. The average Bonchev–Trinajstić information content (AvgIpc) is 2.48. The van der Waals surface area contributed by atoms with Crippen LogP contribution in [0.5, 0.6) is 0 Å². The smallest absolute Gasteiger partial charge is 0.274 e. The Hall–Kier alpha value is -1.16. The standard InChI is InChI=1S/C16H24ClN3O/c1-4-5-12-6-8-20(9-7-12)16(21)14-13(17)10-18-15(19-14)11(2)3/h10-12H,4-9H2,1-3H3. The predicted molar refractivity (Wildman–Crippen MR) is 84.7 cm³/mol. The van der Waals surface area contributed by atoms with E-state index in [-0.39, 0.29) is 11.8 Å². The molecule has 0 aromatic carbocycles. The van der Waals surface area contributed by atoms with E-state index in [0.717, 1.165) is 31.8 Å². The lowest BCUT2D eigenvalue weighted by Gasteiger charge is -2.31. The van der Waals surface area contributed by atoms with E-state index in [0.29, 0.717) is 16.5 Å². The molecule has 0 radical (unpaired) electrons. The van der Waals surface area contributed by atoms with Crippen molar-refractivity contribution >= 4 is 17.5 Å². The Bertz CT molecular complexity index is 496. The molecule has 1 aliphatic heterocycles. The average molecular weight is 310 g/mol. The van der Waals surface area contributed by atoms with Crippen molar-refractivity contribution in [1.29, 1.82) is 0 Å². The molecule has 1 amide bonds. The lowest BCUT2D eigenvalue weighted by atomic mass is 9.92. The van der Waals surface area contributed by atoms with E-state index in [1.807, 2.05) is 18.7 Å². The summed E-state index contributed by atoms with van der Waals surface area (Å²) in [5.41, 5.74) is 0.351. The molecule has 0 N–H and O–H groups in total. The van der Waals surface area contributed by atoms with Crippen molar-refractivity contribution in [3.63, 3.8) is 0 Å². The number of aromatic nitrogens is 2. The summed E-state index contributed by atoms with van der Waals surface area (Å²) < 4.78 is 0. The molecule has 0 unspecified atom stereocenters. The van der Waals surface area contributed by atoms with Crippen LogP contribution in [0.2, 0.25) is 5.02 Å². The van der Waals surface area contributed by atoms with Crippen LogP contribution in [0.4, 0.5) is 0 Å². The molecule has 0 saturated carbocycles. The second-order valence-electron chi connectivity index (χ2n) is 6.10. The van der Waals surface area contributed by atoms with Crippen molar-refractivity contribution in [2.45, 2.75) is 52.4 Å². The topological polar surface area (TPSA) is 46.1 Å². The highest BCUT2D eigenvalue weighted by Crippen LogP contribution is 2.24. The van der Waals surface area contributed by atoms with Crippen LogP contribution in [0.25, 0.3) is 0 Å². The van der Waals surface area contributed by atoms with Crippen LogP contribution >= 0.6 is 11.6 Å². The molecule has 116 valence electrons. The number of carbonyl (C=O) groups is 1. The van der Waals surface area contributed by atoms with Gasteiger partial charge < -0.3 is 4.90 Å². The summed E-state index contributed by atoms with van der Waals surface area (Å²) in [5, 5.41) is 0.347. The molecule has 1 aromatic heterocycles. The highest BCUT2D eigenvalue weighted by atomic mass is 35.5. The largest absolute Gasteiger partial charge is 0.337 e. The van der Waals surface area contributed by atoms with Gasteiger partial charge in [0.1, 0.15) is 5.82 Å². The number of halogens is 1. The summed E-state index contributed by atoms with van der Waals surface area (Å²) in [6, 6.07) is 0. The zero-order valence-electron chi connectivity index (χ0n) is 13.1. The van der Waals surface area contributed by atoms with Gasteiger partial charge in [-0.2, -0.15) is 0 Å². The molecule has 1 saturated heterocycles. The number of amides is 1. The molecular weight excluding hydrogens is 286 g/mol. The quantitative estimate of drug-likeness (QED) is 0.847. The third-order valence-corrected chi connectivity index (χ3v) is 4.36. The van der Waals surface area contributed by atoms with Gasteiger partial charge in [-0.15, -0.1) is 0 Å². The van der Waals surface area contributed by atoms with Crippen molar-refractivity contribution in [1.82, 2.24) is 14.9 Å². The second kappa shape index (κ2) is 7.21. The van der Waals surface area contributed by atoms with Crippen LogP contribution in [0.1, 0.15) is 68.7 Å². The van der Waals surface area contributed by atoms with Crippen molar-refractivity contribution in [3.8, 4) is 0 Å². The molecule has 1 aliphatic rings. The monoisotopic (exact) mass is 309 g/mol. The van der Waals surface area contributed by atoms with Crippen molar-refractivity contribution in [2.24, 2.45) is 5.92 Å². The van der Waals surface area contributed by atoms with Crippen LogP contribution in [-0.4, -0.2) is 33.9 Å². The molecular formula is C16H24ClN3O. The summed E-state index contributed by atoms with van der Waals surface area (Å²) in [5.74, 6) is 1.55. The third kappa shape index (κ3) is 3.94. The maximum atomic E-state index is 12.6. The number of hydrogen-bond donors (Lipinski definition) is 0. The molecule has 2 heterocycles. The van der Waals surface area contributed by atoms with Crippen LogP contribution in [-0.2, 0) is 0 Å². The van der Waals surface area contributed by atoms with Gasteiger partial charge in [0.15, 0.2) is 5.69 Å². The minimum Gasteiger partial charge on any atom is -0.337 e. The highest BCUT2D eigenvalue weighted by Gasteiger charge is 2.26. The van der Waals surface area contributed by atoms with E-state index < -0.39 is 0 Å². The molecule has 21 heavy (non-hydrogen) atoms. The van der Waals surface area contributed by atoms with Gasteiger partial charge in [-0.05, 0) is 18.8 Å². The summed E-state index contributed by atoms with van der Waals surface area (Å²) in [6.07, 6.45) is 6.18. The Kier molecular flexibility index (Phi) is 5.57. The first kappa shape index (κ1) is 16.2. The van der Waals surface area contributed by atoms with Gasteiger partial charge in [0.05, 0.1) is 11.2 Å². The van der Waals surface area contributed by atoms with Gasteiger partial charge in [-0.1, -0.05) is 45.2 Å². The van der Waals surface area contributed by atoms with Crippen molar-refractivity contribution in [2.75, 3.05) is 13.1 Å². The minimum atomic E-state index is -0.0563. The number of carbonyl (C=O) groups excluding carboxylic acids is 1. The molecule has 4 nitrogen and oxygen atoms in total. The number of piperidine rings is 1. The summed E-state index contributed by atoms with van der Waals surface area (Å²) in [6.45, 7) is 7.84. The van der Waals surface area contributed by atoms with Gasteiger partial charge in [-0.3, -0.25) is 4.79 Å². The molecule has 1 aromatic rings. The van der Waals surface area contributed by atoms with E-state index in [4.69, 9.17) is 11.6 Å². The van der Waals surface area contributed by atoms with Gasteiger partial charge in [0.25, 0.3) is 5.91 Å². The van der Waals surface area contributed by atoms with Gasteiger partial charge in [0, 0.05) is 19.0 Å². The minimum absolute atomic E-state index is 0.0563. The predicted octanol–water partition coefficient (Wildman–Crippen LogP) is 3.91. The van der Waals surface area contributed by atoms with E-state index in [1.54, 1.807) is 6.20 Å². The van der Waals surface area contributed by atoms with Gasteiger partial charge in [0.2, 0.25) is 0 Å². The molecule has 0 bridgehead atoms. The zero-order valence-corrected chi connectivity index (χ0v) is 13.9. The second-order valence-corrected chi connectivity index (χ2v) is 6.51. The van der Waals surface area contributed by atoms with Crippen molar-refractivity contribution < 1.29 is 4.79 Å². The van der Waals surface area contributed by atoms with Crippen molar-refractivity contribution in [3.05, 3.63) is 22.7 Å². The summed E-state index contributed by atoms with van der Waals surface area (Å²) in [4.78, 5) is 23.0. The van der Waals surface area contributed by atoms with Crippen LogP contribution in [0, 0.1) is 5.92 Å². The van der Waals surface area contributed by atoms with Gasteiger partial charge >= 0.3 is 0 Å². The Labute approximate surface area is 131 Å². The SMILES string of the molecule is CCCC1CCN(C(=O)c2nc(C(C)C)ncc2Cl)CC1. The maximum Gasteiger partial charge on any atom is 0.274 e. The van der Waals surface area contributed by atoms with E-state index in [9.17, 15) is 4.79 Å². The Morgan fingerprint density at radius 3 is 2.67 bits per heavy atom. The highest BCUT2D eigenvalue weighted by molar-refractivity contribution is 6.33. The number of likely N-dealkylation sites (tertiary alicyclic amines) is 1. The van der Waals surface area contributed by atoms with Gasteiger partial charge in [-0.25, -0.2) is 9.97 Å². The lowest BCUT2D eigenvalue weighted by molar-refractivity contribution is 0.0680. The van der Waals surface area contributed by atoms with E-state index in [2.05, 4.69) is 16.9 Å². The fourth-order valence-electron chi connectivity index (χ4n) is 2.79. The van der Waals surface area contributed by atoms with Crippen LogP contribution in [0.15, 0.2) is 6.20 Å². The van der Waals surface area contributed by atoms with Crippen LogP contribution < -0.4 is 0 Å². The Balaban J connectivity index is 2.08. The normalized spacial score (nSPS) is 16.5. The molecule has 1 fully saturated rings. The summed E-state index contributed by atoms with van der Waals surface area (Å²) in [7, 11) is 0. The lowest BCUT2D eigenvalue weighted by Crippen LogP contribution is -2.39. The number of nitrogens with zero attached hydrogens (tertiary/aromatic N) is 3. The fraction of sp³-hybridized carbons (Fsp3) is 0.688. The fourth-order valence-corrected chi connectivity index (χ4v) is 2.96. The Morgan fingerprint density at radius 1 is 1.43 bits per heavy atom.